The number of carbonyl (C=O) groups excluding carboxylic acids is 2. The Hall–Kier alpha value is -1.77. The van der Waals surface area contributed by atoms with Crippen LogP contribution in [-0.2, 0) is 19.4 Å². The Bertz CT molecular complexity index is 961. The van der Waals surface area contributed by atoms with E-state index in [-0.39, 0.29) is 28.7 Å². The second kappa shape index (κ2) is 7.93. The molecule has 10 heteroatoms. The molecular formula is C18H20Cl2N2O5S. The molecular weight excluding hydrogens is 427 g/mol. The van der Waals surface area contributed by atoms with Gasteiger partial charge in [-0.1, -0.05) is 35.3 Å². The van der Waals surface area contributed by atoms with Crippen LogP contribution >= 0.6 is 23.2 Å². The van der Waals surface area contributed by atoms with Crippen LogP contribution in [0, 0.1) is 0 Å². The van der Waals surface area contributed by atoms with Gasteiger partial charge in [0, 0.05) is 5.70 Å². The molecule has 0 bridgehead atoms. The van der Waals surface area contributed by atoms with Gasteiger partial charge in [-0.3, -0.25) is 4.90 Å². The number of esters is 1. The lowest BCUT2D eigenvalue weighted by atomic mass is 9.94. The van der Waals surface area contributed by atoms with E-state index in [2.05, 4.69) is 5.32 Å². The van der Waals surface area contributed by atoms with Crippen molar-refractivity contribution in [1.82, 2.24) is 10.2 Å². The van der Waals surface area contributed by atoms with Crippen molar-refractivity contribution in [2.45, 2.75) is 32.4 Å². The normalized spacial score (nSPS) is 24.3. The molecule has 1 fully saturated rings. The predicted molar refractivity (Wildman–Crippen MR) is 106 cm³/mol. The van der Waals surface area contributed by atoms with E-state index in [1.807, 2.05) is 0 Å². The zero-order chi connectivity index (χ0) is 20.6. The van der Waals surface area contributed by atoms with Gasteiger partial charge >= 0.3 is 12.0 Å². The molecule has 3 rings (SSSR count). The van der Waals surface area contributed by atoms with E-state index in [4.69, 9.17) is 27.9 Å². The summed E-state index contributed by atoms with van der Waals surface area (Å²) in [6.07, 6.45) is 0.311. The molecule has 2 atom stereocenters. The topological polar surface area (TPSA) is 92.8 Å². The van der Waals surface area contributed by atoms with Gasteiger partial charge in [-0.25, -0.2) is 18.0 Å². The van der Waals surface area contributed by atoms with Crippen molar-refractivity contribution in [1.29, 1.82) is 0 Å². The quantitative estimate of drug-likeness (QED) is 0.717. The predicted octanol–water partition coefficient (Wildman–Crippen LogP) is 3.08. The molecule has 1 aromatic carbocycles. The van der Waals surface area contributed by atoms with E-state index in [0.29, 0.717) is 22.7 Å². The van der Waals surface area contributed by atoms with Gasteiger partial charge in [0.15, 0.2) is 9.84 Å². The molecule has 0 unspecified atom stereocenters. The molecule has 0 spiro atoms. The zero-order valence-electron chi connectivity index (χ0n) is 15.4. The number of nitrogens with one attached hydrogen (secondary N) is 1. The zero-order valence-corrected chi connectivity index (χ0v) is 17.7. The number of ether oxygens (including phenoxy) is 1. The highest BCUT2D eigenvalue weighted by Gasteiger charge is 2.43. The van der Waals surface area contributed by atoms with Gasteiger partial charge in [0.1, 0.15) is 0 Å². The van der Waals surface area contributed by atoms with Gasteiger partial charge in [-0.2, -0.15) is 0 Å². The van der Waals surface area contributed by atoms with Gasteiger partial charge in [0.25, 0.3) is 0 Å². The molecule has 1 N–H and O–H groups in total. The van der Waals surface area contributed by atoms with Crippen LogP contribution in [0.5, 0.6) is 0 Å². The Morgan fingerprint density at radius 3 is 2.68 bits per heavy atom. The molecule has 152 valence electrons. The Kier molecular flexibility index (Phi) is 5.93. The van der Waals surface area contributed by atoms with Gasteiger partial charge < -0.3 is 10.1 Å². The molecule has 1 aromatic rings. The number of halogens is 2. The summed E-state index contributed by atoms with van der Waals surface area (Å²) in [6.45, 7) is 3.44. The lowest BCUT2D eigenvalue weighted by molar-refractivity contribution is -0.139. The van der Waals surface area contributed by atoms with Crippen LogP contribution in [0.4, 0.5) is 4.79 Å². The number of hydrogen-bond donors (Lipinski definition) is 1. The average molecular weight is 447 g/mol. The molecule has 2 heterocycles. The maximum Gasteiger partial charge on any atom is 0.338 e. The number of rotatable bonds is 4. The number of sulfone groups is 1. The van der Waals surface area contributed by atoms with E-state index in [9.17, 15) is 18.0 Å². The molecule has 0 aromatic heterocycles. The summed E-state index contributed by atoms with van der Waals surface area (Å²) < 4.78 is 29.0. The minimum Gasteiger partial charge on any atom is -0.463 e. The fourth-order valence-corrected chi connectivity index (χ4v) is 5.74. The summed E-state index contributed by atoms with van der Waals surface area (Å²) in [5.74, 6) is -0.740. The lowest BCUT2D eigenvalue weighted by Crippen LogP contribution is -2.52. The molecule has 2 aliphatic rings. The molecule has 1 saturated heterocycles. The summed E-state index contributed by atoms with van der Waals surface area (Å²) in [5, 5.41) is 3.28. The van der Waals surface area contributed by atoms with Gasteiger partial charge in [0.2, 0.25) is 0 Å². The van der Waals surface area contributed by atoms with E-state index in [1.54, 1.807) is 32.0 Å². The second-order valence-electron chi connectivity index (χ2n) is 6.67. The molecule has 2 aliphatic heterocycles. The first-order valence-corrected chi connectivity index (χ1v) is 11.4. The summed E-state index contributed by atoms with van der Waals surface area (Å²) in [5.41, 5.74) is 1.02. The largest absolute Gasteiger partial charge is 0.463 e. The molecule has 0 aliphatic carbocycles. The van der Waals surface area contributed by atoms with E-state index >= 15 is 0 Å². The molecule has 28 heavy (non-hydrogen) atoms. The van der Waals surface area contributed by atoms with Gasteiger partial charge in [-0.15, -0.1) is 0 Å². The Morgan fingerprint density at radius 1 is 1.36 bits per heavy atom. The van der Waals surface area contributed by atoms with Crippen molar-refractivity contribution in [2.24, 2.45) is 0 Å². The molecule has 0 saturated carbocycles. The van der Waals surface area contributed by atoms with Crippen LogP contribution in [0.3, 0.4) is 0 Å². The average Bonchev–Trinajstić information content (AvgIpc) is 2.96. The number of benzene rings is 1. The minimum absolute atomic E-state index is 0.00696. The van der Waals surface area contributed by atoms with Crippen LogP contribution in [-0.4, -0.2) is 49.5 Å². The van der Waals surface area contributed by atoms with E-state index in [1.165, 1.54) is 4.90 Å². The molecule has 7 nitrogen and oxygen atoms in total. The maximum atomic E-state index is 12.9. The molecule has 0 radical (unpaired) electrons. The van der Waals surface area contributed by atoms with Crippen LogP contribution < -0.4 is 5.32 Å². The Balaban J connectivity index is 2.11. The minimum atomic E-state index is -3.22. The maximum absolute atomic E-state index is 12.9. The Morgan fingerprint density at radius 2 is 2.07 bits per heavy atom. The first kappa shape index (κ1) is 21.0. The summed E-state index contributed by atoms with van der Waals surface area (Å²) in [4.78, 5) is 26.9. The SMILES string of the molecule is CCOC(=O)C1=C(C)N([C@H]2CCS(=O)(=O)C2)C(=O)N[C@@H]1c1cccc(Cl)c1Cl. The van der Waals surface area contributed by atoms with Crippen LogP contribution in [0.2, 0.25) is 10.0 Å². The van der Waals surface area contributed by atoms with E-state index in [0.717, 1.165) is 0 Å². The third kappa shape index (κ3) is 3.86. The molecule has 2 amide bonds. The standard InChI is InChI=1S/C18H20Cl2N2O5S/c1-3-27-17(23)14-10(2)22(11-7-8-28(25,26)9-11)18(24)21-16(14)12-5-4-6-13(19)15(12)20/h4-6,11,16H,3,7-9H2,1-2H3,(H,21,24)/t11-,16+/m0/s1. The smallest absolute Gasteiger partial charge is 0.338 e. The van der Waals surface area contributed by atoms with Crippen molar-refractivity contribution in [3.8, 4) is 0 Å². The fourth-order valence-electron chi connectivity index (χ4n) is 3.63. The van der Waals surface area contributed by atoms with Crippen molar-refractivity contribution >= 4 is 45.0 Å². The van der Waals surface area contributed by atoms with Crippen molar-refractivity contribution < 1.29 is 22.7 Å². The van der Waals surface area contributed by atoms with E-state index < -0.39 is 33.9 Å². The van der Waals surface area contributed by atoms with Crippen molar-refractivity contribution in [3.63, 3.8) is 0 Å². The van der Waals surface area contributed by atoms with Gasteiger partial charge in [-0.05, 0) is 31.9 Å². The highest BCUT2D eigenvalue weighted by atomic mass is 35.5. The summed E-state index contributed by atoms with van der Waals surface area (Å²) in [6, 6.07) is 3.06. The third-order valence-electron chi connectivity index (χ3n) is 4.89. The van der Waals surface area contributed by atoms with Crippen LogP contribution in [0.1, 0.15) is 31.9 Å². The lowest BCUT2D eigenvalue weighted by Gasteiger charge is -2.38. The van der Waals surface area contributed by atoms with Gasteiger partial charge in [0.05, 0.1) is 45.8 Å². The second-order valence-corrected chi connectivity index (χ2v) is 9.69. The monoisotopic (exact) mass is 446 g/mol. The summed E-state index contributed by atoms with van der Waals surface area (Å²) in [7, 11) is -3.22. The third-order valence-corrected chi connectivity index (χ3v) is 7.47. The summed E-state index contributed by atoms with van der Waals surface area (Å²) >= 11 is 12.4. The highest BCUT2D eigenvalue weighted by Crippen LogP contribution is 2.38. The number of urea groups is 1. The number of hydrogen-bond acceptors (Lipinski definition) is 5. The highest BCUT2D eigenvalue weighted by molar-refractivity contribution is 7.91. The Labute approximate surface area is 173 Å². The number of carbonyl (C=O) groups is 2. The fraction of sp³-hybridized carbons (Fsp3) is 0.444. The van der Waals surface area contributed by atoms with Crippen LogP contribution in [0.15, 0.2) is 29.5 Å². The number of allylic oxidation sites excluding steroid dienone is 1. The van der Waals surface area contributed by atoms with Crippen LogP contribution in [0.25, 0.3) is 0 Å². The number of amides is 2. The van der Waals surface area contributed by atoms with Crippen molar-refractivity contribution in [3.05, 3.63) is 45.1 Å². The van der Waals surface area contributed by atoms with Crippen molar-refractivity contribution in [2.75, 3.05) is 18.1 Å². The first-order chi connectivity index (χ1) is 13.2. The number of nitrogens with zero attached hydrogens (tertiary/aromatic N) is 1. The first-order valence-electron chi connectivity index (χ1n) is 8.78.